The summed E-state index contributed by atoms with van der Waals surface area (Å²) in [5, 5.41) is 1.04. The molecule has 1 saturated heterocycles. The summed E-state index contributed by atoms with van der Waals surface area (Å²) in [6.07, 6.45) is 1.93. The van der Waals surface area contributed by atoms with Crippen LogP contribution in [0.3, 0.4) is 0 Å². The van der Waals surface area contributed by atoms with Gasteiger partial charge >= 0.3 is 5.97 Å². The Kier molecular flexibility index (Phi) is 3.56. The van der Waals surface area contributed by atoms with Crippen molar-refractivity contribution in [2.45, 2.75) is 25.5 Å². The Labute approximate surface area is 122 Å². The molecule has 1 aliphatic heterocycles. The number of carbonyl (C=O) groups is 2. The predicted molar refractivity (Wildman–Crippen MR) is 77.3 cm³/mol. The van der Waals surface area contributed by atoms with E-state index in [9.17, 15) is 9.59 Å². The van der Waals surface area contributed by atoms with Gasteiger partial charge in [0, 0.05) is 38.0 Å². The highest BCUT2D eigenvalue weighted by atomic mass is 16.6. The van der Waals surface area contributed by atoms with Crippen molar-refractivity contribution in [3.63, 3.8) is 0 Å². The van der Waals surface area contributed by atoms with Crippen molar-refractivity contribution < 1.29 is 14.3 Å². The maximum absolute atomic E-state index is 12.2. The molecule has 1 aromatic carbocycles. The van der Waals surface area contributed by atoms with Gasteiger partial charge in [0.1, 0.15) is 0 Å². The Hall–Kier alpha value is -2.43. The lowest BCUT2D eigenvalue weighted by Crippen LogP contribution is -2.35. The number of likely N-dealkylation sites (N-methyl/N-ethyl adjacent to an activating group) is 1. The number of aromatic nitrogens is 1. The number of benzene rings is 1. The number of amides is 1. The maximum atomic E-state index is 12.2. The number of cyclic esters (lactones) is 1. The smallest absolute Gasteiger partial charge is 0.306 e. The maximum Gasteiger partial charge on any atom is 0.306 e. The minimum Gasteiger partial charge on any atom is -0.452 e. The molecule has 1 atom stereocenters. The van der Waals surface area contributed by atoms with Crippen LogP contribution in [0.2, 0.25) is 0 Å². The minimum atomic E-state index is -0.629. The Balaban J connectivity index is 1.72. The lowest BCUT2D eigenvalue weighted by atomic mass is 10.1. The number of esters is 1. The molecule has 0 saturated carbocycles. The molecule has 5 heteroatoms. The van der Waals surface area contributed by atoms with Gasteiger partial charge in [0.2, 0.25) is 0 Å². The second-order valence-corrected chi connectivity index (χ2v) is 5.25. The number of pyridine rings is 1. The standard InChI is InChI=1S/C16H16N2O3/c1-18(16(20)14-6-7-15(19)21-14)10-11-8-12-4-2-3-5-13(12)17-9-11/h2-5,8-9,14H,6-7,10H2,1H3/t14-/m0/s1. The van der Waals surface area contributed by atoms with Crippen molar-refractivity contribution in [1.29, 1.82) is 0 Å². The van der Waals surface area contributed by atoms with E-state index in [0.29, 0.717) is 19.4 Å². The molecule has 0 bridgehead atoms. The van der Waals surface area contributed by atoms with Gasteiger partial charge in [-0.1, -0.05) is 18.2 Å². The molecule has 108 valence electrons. The van der Waals surface area contributed by atoms with E-state index in [2.05, 4.69) is 4.98 Å². The van der Waals surface area contributed by atoms with Crippen molar-refractivity contribution in [3.05, 3.63) is 42.1 Å². The number of hydrogen-bond acceptors (Lipinski definition) is 4. The molecular formula is C16H16N2O3. The van der Waals surface area contributed by atoms with Gasteiger partial charge in [0.05, 0.1) is 5.52 Å². The largest absolute Gasteiger partial charge is 0.452 e. The molecule has 1 fully saturated rings. The highest BCUT2D eigenvalue weighted by molar-refractivity contribution is 5.86. The first kappa shape index (κ1) is 13.5. The summed E-state index contributed by atoms with van der Waals surface area (Å²) in [6, 6.07) is 9.87. The lowest BCUT2D eigenvalue weighted by Gasteiger charge is -2.20. The van der Waals surface area contributed by atoms with Crippen molar-refractivity contribution in [2.24, 2.45) is 0 Å². The molecule has 0 spiro atoms. The normalized spacial score (nSPS) is 17.8. The molecule has 0 aliphatic carbocycles. The third-order valence-electron chi connectivity index (χ3n) is 3.60. The fraction of sp³-hybridized carbons (Fsp3) is 0.312. The van der Waals surface area contributed by atoms with E-state index in [1.165, 1.54) is 0 Å². The topological polar surface area (TPSA) is 59.5 Å². The average Bonchev–Trinajstić information content (AvgIpc) is 2.93. The van der Waals surface area contributed by atoms with Gasteiger partial charge in [-0.3, -0.25) is 14.6 Å². The predicted octanol–water partition coefficient (Wildman–Crippen LogP) is 1.90. The average molecular weight is 284 g/mol. The Bertz CT molecular complexity index is 699. The number of rotatable bonds is 3. The highest BCUT2D eigenvalue weighted by Gasteiger charge is 2.31. The highest BCUT2D eigenvalue weighted by Crippen LogP contribution is 2.18. The van der Waals surface area contributed by atoms with Gasteiger partial charge in [-0.2, -0.15) is 0 Å². The van der Waals surface area contributed by atoms with Crippen LogP contribution in [0.25, 0.3) is 10.9 Å². The molecular weight excluding hydrogens is 268 g/mol. The first-order chi connectivity index (χ1) is 10.1. The molecule has 0 unspecified atom stereocenters. The summed E-state index contributed by atoms with van der Waals surface area (Å²) < 4.78 is 5.01. The third-order valence-corrected chi connectivity index (χ3v) is 3.60. The van der Waals surface area contributed by atoms with Crippen LogP contribution in [0.4, 0.5) is 0 Å². The molecule has 2 heterocycles. The molecule has 1 amide bonds. The fourth-order valence-corrected chi connectivity index (χ4v) is 2.50. The van der Waals surface area contributed by atoms with E-state index in [1.807, 2.05) is 30.3 Å². The summed E-state index contributed by atoms with van der Waals surface area (Å²) >= 11 is 0. The van der Waals surface area contributed by atoms with E-state index >= 15 is 0 Å². The van der Waals surface area contributed by atoms with Gasteiger partial charge < -0.3 is 9.64 Å². The van der Waals surface area contributed by atoms with E-state index in [0.717, 1.165) is 16.5 Å². The van der Waals surface area contributed by atoms with E-state index < -0.39 is 6.10 Å². The summed E-state index contributed by atoms with van der Waals surface area (Å²) in [6.45, 7) is 0.449. The summed E-state index contributed by atoms with van der Waals surface area (Å²) in [5.74, 6) is -0.455. The quantitative estimate of drug-likeness (QED) is 0.808. The number of ether oxygens (including phenoxy) is 1. The zero-order valence-electron chi connectivity index (χ0n) is 11.8. The molecule has 0 N–H and O–H groups in total. The van der Waals surface area contributed by atoms with Gasteiger partial charge in [0.25, 0.3) is 5.91 Å². The molecule has 2 aromatic rings. The molecule has 3 rings (SSSR count). The second kappa shape index (κ2) is 5.52. The fourth-order valence-electron chi connectivity index (χ4n) is 2.50. The van der Waals surface area contributed by atoms with Crippen LogP contribution in [-0.4, -0.2) is 34.9 Å². The molecule has 21 heavy (non-hydrogen) atoms. The number of fused-ring (bicyclic) bond motifs is 1. The third kappa shape index (κ3) is 2.86. The summed E-state index contributed by atoms with van der Waals surface area (Å²) in [7, 11) is 1.71. The van der Waals surface area contributed by atoms with Crippen LogP contribution in [0.15, 0.2) is 36.5 Å². The SMILES string of the molecule is CN(Cc1cnc2ccccc2c1)C(=O)[C@@H]1CCC(=O)O1. The Morgan fingerprint density at radius 3 is 3.00 bits per heavy atom. The zero-order chi connectivity index (χ0) is 14.8. The first-order valence-electron chi connectivity index (χ1n) is 6.91. The van der Waals surface area contributed by atoms with Crippen molar-refractivity contribution in [2.75, 3.05) is 7.05 Å². The number of para-hydroxylation sites is 1. The van der Waals surface area contributed by atoms with Gasteiger partial charge in [-0.25, -0.2) is 0 Å². The first-order valence-corrected chi connectivity index (χ1v) is 6.91. The molecule has 1 aliphatic rings. The van der Waals surface area contributed by atoms with E-state index in [1.54, 1.807) is 18.1 Å². The minimum absolute atomic E-state index is 0.158. The van der Waals surface area contributed by atoms with E-state index in [4.69, 9.17) is 4.74 Å². The van der Waals surface area contributed by atoms with Crippen molar-refractivity contribution in [1.82, 2.24) is 9.88 Å². The van der Waals surface area contributed by atoms with Crippen LogP contribution < -0.4 is 0 Å². The molecule has 0 radical (unpaired) electrons. The van der Waals surface area contributed by atoms with E-state index in [-0.39, 0.29) is 11.9 Å². The number of nitrogens with zero attached hydrogens (tertiary/aromatic N) is 2. The molecule has 1 aromatic heterocycles. The lowest BCUT2D eigenvalue weighted by molar-refractivity contribution is -0.152. The second-order valence-electron chi connectivity index (χ2n) is 5.25. The summed E-state index contributed by atoms with van der Waals surface area (Å²) in [4.78, 5) is 29.2. The van der Waals surface area contributed by atoms with Crippen molar-refractivity contribution >= 4 is 22.8 Å². The van der Waals surface area contributed by atoms with Crippen LogP contribution in [0, 0.1) is 0 Å². The zero-order valence-corrected chi connectivity index (χ0v) is 11.8. The van der Waals surface area contributed by atoms with Crippen LogP contribution in [-0.2, 0) is 20.9 Å². The monoisotopic (exact) mass is 284 g/mol. The Morgan fingerprint density at radius 2 is 2.24 bits per heavy atom. The number of carbonyl (C=O) groups excluding carboxylic acids is 2. The van der Waals surface area contributed by atoms with Crippen LogP contribution >= 0.6 is 0 Å². The van der Waals surface area contributed by atoms with Gasteiger partial charge in [-0.05, 0) is 17.7 Å². The van der Waals surface area contributed by atoms with Crippen LogP contribution in [0.5, 0.6) is 0 Å². The number of hydrogen-bond donors (Lipinski definition) is 0. The van der Waals surface area contributed by atoms with Crippen LogP contribution in [0.1, 0.15) is 18.4 Å². The van der Waals surface area contributed by atoms with Gasteiger partial charge in [0.15, 0.2) is 6.10 Å². The molecule has 5 nitrogen and oxygen atoms in total. The Morgan fingerprint density at radius 1 is 1.43 bits per heavy atom. The van der Waals surface area contributed by atoms with Gasteiger partial charge in [-0.15, -0.1) is 0 Å². The van der Waals surface area contributed by atoms with Crippen molar-refractivity contribution in [3.8, 4) is 0 Å². The summed E-state index contributed by atoms with van der Waals surface area (Å²) in [5.41, 5.74) is 1.88.